The molecule has 0 unspecified atom stereocenters. The van der Waals surface area contributed by atoms with E-state index in [1.165, 1.54) is 12.1 Å². The average Bonchev–Trinajstić information content (AvgIpc) is 2.82. The number of nitrogens with one attached hydrogen (secondary N) is 2. The van der Waals surface area contributed by atoms with Crippen LogP contribution in [0, 0.1) is 11.3 Å². The number of carbonyl (C=O) groups is 3. The molecular formula is C23H18N4O4S. The Balaban J connectivity index is 1.61. The first kappa shape index (κ1) is 22.5. The minimum absolute atomic E-state index is 0.0424. The third-order valence-electron chi connectivity index (χ3n) is 4.22. The number of rotatable bonds is 8. The number of carboxylic acid groups (broad SMARTS) is 1. The van der Waals surface area contributed by atoms with Crippen molar-refractivity contribution in [2.75, 3.05) is 17.6 Å². The number of aliphatic carboxylic acids is 1. The Morgan fingerprint density at radius 2 is 1.72 bits per heavy atom. The van der Waals surface area contributed by atoms with E-state index < -0.39 is 18.4 Å². The highest BCUT2D eigenvalue weighted by Crippen LogP contribution is 2.25. The van der Waals surface area contributed by atoms with Crippen LogP contribution in [0.3, 0.4) is 0 Å². The third-order valence-corrected chi connectivity index (χ3v) is 5.21. The van der Waals surface area contributed by atoms with Crippen molar-refractivity contribution < 1.29 is 19.5 Å². The van der Waals surface area contributed by atoms with Crippen LogP contribution in [0.1, 0.15) is 15.9 Å². The van der Waals surface area contributed by atoms with Crippen molar-refractivity contribution in [2.45, 2.75) is 5.03 Å². The summed E-state index contributed by atoms with van der Waals surface area (Å²) in [5, 5.41) is 23.4. The molecule has 0 aliphatic rings. The summed E-state index contributed by atoms with van der Waals surface area (Å²) in [6.07, 6.45) is 0. The van der Waals surface area contributed by atoms with E-state index in [1.807, 2.05) is 30.3 Å². The maximum absolute atomic E-state index is 12.3. The van der Waals surface area contributed by atoms with E-state index in [9.17, 15) is 19.6 Å². The number of nitriles is 1. The predicted octanol–water partition coefficient (Wildman–Crippen LogP) is 3.17. The Labute approximate surface area is 188 Å². The summed E-state index contributed by atoms with van der Waals surface area (Å²) in [4.78, 5) is 39.2. The summed E-state index contributed by atoms with van der Waals surface area (Å²) >= 11 is 1.16. The van der Waals surface area contributed by atoms with Crippen molar-refractivity contribution in [1.82, 2.24) is 10.3 Å². The van der Waals surface area contributed by atoms with Crippen LogP contribution in [0.25, 0.3) is 11.3 Å². The number of benzene rings is 2. The number of hydrogen-bond acceptors (Lipinski definition) is 6. The number of carboxylic acids is 1. The number of hydrogen-bond donors (Lipinski definition) is 3. The number of anilines is 1. The molecule has 1 aromatic heterocycles. The van der Waals surface area contributed by atoms with Crippen LogP contribution in [-0.2, 0) is 9.59 Å². The van der Waals surface area contributed by atoms with Crippen molar-refractivity contribution in [3.05, 3.63) is 77.9 Å². The van der Waals surface area contributed by atoms with Crippen LogP contribution in [0.15, 0.2) is 71.8 Å². The molecule has 0 spiro atoms. The first-order valence-corrected chi connectivity index (χ1v) is 10.4. The van der Waals surface area contributed by atoms with Crippen LogP contribution < -0.4 is 10.6 Å². The molecule has 32 heavy (non-hydrogen) atoms. The van der Waals surface area contributed by atoms with E-state index >= 15 is 0 Å². The van der Waals surface area contributed by atoms with Gasteiger partial charge in [0.15, 0.2) is 0 Å². The van der Waals surface area contributed by atoms with Gasteiger partial charge < -0.3 is 15.7 Å². The van der Waals surface area contributed by atoms with Gasteiger partial charge in [0.05, 0.1) is 17.0 Å². The second-order valence-corrected chi connectivity index (χ2v) is 7.48. The van der Waals surface area contributed by atoms with Crippen molar-refractivity contribution >= 4 is 35.2 Å². The molecule has 160 valence electrons. The van der Waals surface area contributed by atoms with Gasteiger partial charge in [-0.1, -0.05) is 42.1 Å². The minimum Gasteiger partial charge on any atom is -0.480 e. The fraction of sp³-hybridized carbons (Fsp3) is 0.0870. The van der Waals surface area contributed by atoms with E-state index in [0.717, 1.165) is 17.3 Å². The van der Waals surface area contributed by atoms with Gasteiger partial charge in [0.1, 0.15) is 17.6 Å². The molecule has 0 saturated carbocycles. The van der Waals surface area contributed by atoms with E-state index in [1.54, 1.807) is 24.3 Å². The van der Waals surface area contributed by atoms with Crippen LogP contribution in [0.5, 0.6) is 0 Å². The fourth-order valence-corrected chi connectivity index (χ4v) is 3.47. The monoisotopic (exact) mass is 446 g/mol. The van der Waals surface area contributed by atoms with E-state index in [0.29, 0.717) is 22.0 Å². The molecular weight excluding hydrogens is 428 g/mol. The quantitative estimate of drug-likeness (QED) is 0.453. The van der Waals surface area contributed by atoms with Gasteiger partial charge in [-0.2, -0.15) is 5.26 Å². The van der Waals surface area contributed by atoms with E-state index in [2.05, 4.69) is 21.7 Å². The summed E-state index contributed by atoms with van der Waals surface area (Å²) < 4.78 is 0. The lowest BCUT2D eigenvalue weighted by Crippen LogP contribution is -2.29. The number of pyridine rings is 1. The molecule has 0 saturated heterocycles. The molecule has 3 N–H and O–H groups in total. The molecule has 3 aromatic rings. The van der Waals surface area contributed by atoms with Gasteiger partial charge in [0, 0.05) is 16.8 Å². The molecule has 2 aromatic carbocycles. The molecule has 9 heteroatoms. The summed E-state index contributed by atoms with van der Waals surface area (Å²) in [6.45, 7) is -0.473. The highest BCUT2D eigenvalue weighted by Gasteiger charge is 2.12. The van der Waals surface area contributed by atoms with E-state index in [-0.39, 0.29) is 17.2 Å². The summed E-state index contributed by atoms with van der Waals surface area (Å²) in [6, 6.07) is 21.2. The fourth-order valence-electron chi connectivity index (χ4n) is 2.70. The van der Waals surface area contributed by atoms with Crippen LogP contribution >= 0.6 is 11.8 Å². The average molecular weight is 446 g/mol. The van der Waals surface area contributed by atoms with Gasteiger partial charge >= 0.3 is 5.97 Å². The maximum Gasteiger partial charge on any atom is 0.322 e. The highest BCUT2D eigenvalue weighted by molar-refractivity contribution is 8.00. The second kappa shape index (κ2) is 10.7. The van der Waals surface area contributed by atoms with Crippen molar-refractivity contribution in [1.29, 1.82) is 5.26 Å². The highest BCUT2D eigenvalue weighted by atomic mass is 32.2. The first-order valence-electron chi connectivity index (χ1n) is 9.45. The standard InChI is InChI=1S/C23H18N4O4S/c24-12-17-8-11-19(15-4-2-1-3-5-15)27-23(17)32-14-20(28)26-18-9-6-16(7-10-18)22(31)25-13-21(29)30/h1-11H,13-14H2,(H,25,31)(H,26,28)(H,29,30). The lowest BCUT2D eigenvalue weighted by atomic mass is 10.1. The molecule has 3 rings (SSSR count). The zero-order chi connectivity index (χ0) is 22.9. The van der Waals surface area contributed by atoms with Crippen LogP contribution in [0.2, 0.25) is 0 Å². The lowest BCUT2D eigenvalue weighted by molar-refractivity contribution is -0.135. The number of nitrogens with zero attached hydrogens (tertiary/aromatic N) is 2. The SMILES string of the molecule is N#Cc1ccc(-c2ccccc2)nc1SCC(=O)Nc1ccc(C(=O)NCC(=O)O)cc1. The molecule has 0 atom stereocenters. The summed E-state index contributed by atoms with van der Waals surface area (Å²) in [7, 11) is 0. The van der Waals surface area contributed by atoms with Gasteiger partial charge in [-0.15, -0.1) is 0 Å². The first-order chi connectivity index (χ1) is 15.5. The normalized spacial score (nSPS) is 10.1. The molecule has 8 nitrogen and oxygen atoms in total. The molecule has 2 amide bonds. The molecule has 0 aliphatic carbocycles. The molecule has 1 heterocycles. The number of aromatic nitrogens is 1. The summed E-state index contributed by atoms with van der Waals surface area (Å²) in [5.74, 6) is -1.91. The van der Waals surface area contributed by atoms with E-state index in [4.69, 9.17) is 5.11 Å². The van der Waals surface area contributed by atoms with Gasteiger partial charge in [0.25, 0.3) is 5.91 Å². The zero-order valence-corrected chi connectivity index (χ0v) is 17.6. The third kappa shape index (κ3) is 6.17. The molecule has 0 fully saturated rings. The Bertz CT molecular complexity index is 1170. The minimum atomic E-state index is -1.14. The number of amides is 2. The zero-order valence-electron chi connectivity index (χ0n) is 16.7. The van der Waals surface area contributed by atoms with Gasteiger partial charge in [0.2, 0.25) is 5.91 Å². The summed E-state index contributed by atoms with van der Waals surface area (Å²) in [5.41, 5.74) is 2.77. The number of carbonyl (C=O) groups excluding carboxylic acids is 2. The lowest BCUT2D eigenvalue weighted by Gasteiger charge is -2.08. The van der Waals surface area contributed by atoms with Gasteiger partial charge in [-0.25, -0.2) is 4.98 Å². The van der Waals surface area contributed by atoms with Crippen molar-refractivity contribution in [2.24, 2.45) is 0 Å². The van der Waals surface area contributed by atoms with Crippen LogP contribution in [0.4, 0.5) is 5.69 Å². The van der Waals surface area contributed by atoms with Crippen molar-refractivity contribution in [3.8, 4) is 17.3 Å². The van der Waals surface area contributed by atoms with Gasteiger partial charge in [-0.3, -0.25) is 14.4 Å². The largest absolute Gasteiger partial charge is 0.480 e. The van der Waals surface area contributed by atoms with Gasteiger partial charge in [-0.05, 0) is 36.4 Å². The number of thioether (sulfide) groups is 1. The molecule has 0 aliphatic heterocycles. The molecule has 0 bridgehead atoms. The maximum atomic E-state index is 12.3. The Morgan fingerprint density at radius 1 is 1.00 bits per heavy atom. The Hall–Kier alpha value is -4.16. The topological polar surface area (TPSA) is 132 Å². The Kier molecular flexibility index (Phi) is 7.56. The Morgan fingerprint density at radius 3 is 2.38 bits per heavy atom. The van der Waals surface area contributed by atoms with Crippen LogP contribution in [-0.4, -0.2) is 40.2 Å². The molecule has 0 radical (unpaired) electrons. The second-order valence-electron chi connectivity index (χ2n) is 6.52. The predicted molar refractivity (Wildman–Crippen MR) is 120 cm³/mol. The smallest absolute Gasteiger partial charge is 0.322 e. The van der Waals surface area contributed by atoms with Crippen molar-refractivity contribution in [3.63, 3.8) is 0 Å².